The summed E-state index contributed by atoms with van der Waals surface area (Å²) in [6.07, 6.45) is 17.1. The molecule has 1 aromatic carbocycles. The molecule has 1 saturated heterocycles. The maximum Gasteiger partial charge on any atom is 0.253 e. The number of rotatable bonds is 5. The van der Waals surface area contributed by atoms with Crippen molar-refractivity contribution in [1.82, 2.24) is 10.2 Å². The van der Waals surface area contributed by atoms with Gasteiger partial charge in [0.15, 0.2) is 0 Å². The molecule has 3 aliphatic rings. The van der Waals surface area contributed by atoms with Crippen molar-refractivity contribution in [3.8, 4) is 0 Å². The number of para-hydroxylation sites is 1. The number of carbonyl (C=O) groups excluding carboxylic acids is 1. The van der Waals surface area contributed by atoms with Crippen molar-refractivity contribution in [3.63, 3.8) is 0 Å². The molecule has 2 aliphatic heterocycles. The second-order valence-electron chi connectivity index (χ2n) is 7.75. The van der Waals surface area contributed by atoms with Crippen LogP contribution in [-0.2, 0) is 6.42 Å². The summed E-state index contributed by atoms with van der Waals surface area (Å²) in [5, 5.41) is 3.28. The van der Waals surface area contributed by atoms with Crippen LogP contribution in [0.2, 0.25) is 0 Å². The van der Waals surface area contributed by atoms with Crippen LogP contribution in [0.1, 0.15) is 41.6 Å². The molecule has 1 N–H and O–H groups in total. The van der Waals surface area contributed by atoms with E-state index in [0.717, 1.165) is 56.4 Å². The van der Waals surface area contributed by atoms with Crippen LogP contribution in [-0.4, -0.2) is 36.2 Å². The Bertz CT molecular complexity index is 813. The minimum atomic E-state index is 0.0321. The van der Waals surface area contributed by atoms with Crippen LogP contribution in [0, 0.1) is 5.41 Å². The standard InChI is InChI=1S/C23H27N3O/c1-2-3-4-5-14-26-15-11-23(12-16-26)17-20(23)25-22(27)19-10-6-8-18-9-7-13-24-21(18)19/h2-6,8,10,13-14,20H,1,7,9,11-12,15-17H2,(H,25,27)/b4-3-,14-5+. The van der Waals surface area contributed by atoms with Gasteiger partial charge in [-0.25, -0.2) is 0 Å². The highest BCUT2D eigenvalue weighted by Crippen LogP contribution is 2.54. The number of aryl methyl sites for hydroxylation is 1. The average molecular weight is 361 g/mol. The molecule has 27 heavy (non-hydrogen) atoms. The molecule has 1 saturated carbocycles. The van der Waals surface area contributed by atoms with E-state index >= 15 is 0 Å². The second kappa shape index (κ2) is 7.55. The number of likely N-dealkylation sites (tertiary alicyclic amines) is 1. The predicted octanol–water partition coefficient (Wildman–Crippen LogP) is 4.18. The van der Waals surface area contributed by atoms with Gasteiger partial charge >= 0.3 is 0 Å². The van der Waals surface area contributed by atoms with Gasteiger partial charge in [-0.15, -0.1) is 0 Å². The van der Waals surface area contributed by atoms with E-state index in [9.17, 15) is 4.79 Å². The highest BCUT2D eigenvalue weighted by Gasteiger charge is 2.55. The summed E-state index contributed by atoms with van der Waals surface area (Å²) in [6, 6.07) is 6.26. The zero-order chi connectivity index (χ0) is 18.7. The van der Waals surface area contributed by atoms with E-state index in [-0.39, 0.29) is 5.91 Å². The molecule has 2 heterocycles. The summed E-state index contributed by atoms with van der Waals surface area (Å²) in [5.74, 6) is 0.0321. The molecule has 0 aromatic heterocycles. The number of nitrogens with zero attached hydrogens (tertiary/aromatic N) is 2. The van der Waals surface area contributed by atoms with Gasteiger partial charge < -0.3 is 10.2 Å². The highest BCUT2D eigenvalue weighted by molar-refractivity contribution is 6.00. The summed E-state index contributed by atoms with van der Waals surface area (Å²) >= 11 is 0. The summed E-state index contributed by atoms with van der Waals surface area (Å²) in [6.45, 7) is 5.78. The Balaban J connectivity index is 1.34. The van der Waals surface area contributed by atoms with Crippen molar-refractivity contribution in [3.05, 3.63) is 66.4 Å². The summed E-state index contributed by atoms with van der Waals surface area (Å²) in [5.41, 5.74) is 3.07. The first kappa shape index (κ1) is 17.8. The molecule has 1 unspecified atom stereocenters. The Labute approximate surface area is 161 Å². The number of allylic oxidation sites excluding steroid dienone is 4. The number of hydrogen-bond donors (Lipinski definition) is 1. The lowest BCUT2D eigenvalue weighted by Crippen LogP contribution is -2.36. The monoisotopic (exact) mass is 361 g/mol. The molecule has 1 aromatic rings. The third kappa shape index (κ3) is 3.75. The third-order valence-electron chi connectivity index (χ3n) is 6.07. The van der Waals surface area contributed by atoms with Gasteiger partial charge in [0.1, 0.15) is 0 Å². The maximum atomic E-state index is 12.8. The number of aliphatic imine (C=N–C) groups is 1. The molecule has 0 radical (unpaired) electrons. The topological polar surface area (TPSA) is 44.7 Å². The van der Waals surface area contributed by atoms with Crippen LogP contribution < -0.4 is 5.32 Å². The number of benzene rings is 1. The Morgan fingerprint density at radius 2 is 2.11 bits per heavy atom. The molecule has 4 rings (SSSR count). The van der Waals surface area contributed by atoms with E-state index in [1.54, 1.807) is 6.08 Å². The van der Waals surface area contributed by atoms with E-state index in [1.165, 1.54) is 5.56 Å². The molecule has 1 aliphatic carbocycles. The Hall–Kier alpha value is -2.62. The van der Waals surface area contributed by atoms with Crippen molar-refractivity contribution >= 4 is 17.8 Å². The fraction of sp³-hybridized carbons (Fsp3) is 0.391. The maximum absolute atomic E-state index is 12.8. The molecule has 0 bridgehead atoms. The minimum absolute atomic E-state index is 0.0321. The van der Waals surface area contributed by atoms with Gasteiger partial charge in [-0.2, -0.15) is 0 Å². The van der Waals surface area contributed by atoms with Crippen LogP contribution in [0.25, 0.3) is 0 Å². The van der Waals surface area contributed by atoms with Gasteiger partial charge in [-0.1, -0.05) is 36.9 Å². The van der Waals surface area contributed by atoms with Crippen molar-refractivity contribution in [2.45, 2.75) is 38.1 Å². The third-order valence-corrected chi connectivity index (χ3v) is 6.07. The second-order valence-corrected chi connectivity index (χ2v) is 7.75. The first-order valence-electron chi connectivity index (χ1n) is 9.87. The van der Waals surface area contributed by atoms with Gasteiger partial charge in [0.25, 0.3) is 5.91 Å². The molecule has 1 amide bonds. The number of nitrogens with one attached hydrogen (secondary N) is 1. The first-order chi connectivity index (χ1) is 13.2. The number of hydrogen-bond acceptors (Lipinski definition) is 3. The fourth-order valence-corrected chi connectivity index (χ4v) is 4.28. The fourth-order valence-electron chi connectivity index (χ4n) is 4.28. The van der Waals surface area contributed by atoms with Crippen molar-refractivity contribution in [1.29, 1.82) is 0 Å². The molecule has 1 atom stereocenters. The summed E-state index contributed by atoms with van der Waals surface area (Å²) in [4.78, 5) is 19.7. The lowest BCUT2D eigenvalue weighted by atomic mass is 9.92. The molecular weight excluding hydrogens is 334 g/mol. The number of piperidine rings is 1. The van der Waals surface area contributed by atoms with Crippen molar-refractivity contribution in [2.24, 2.45) is 10.4 Å². The minimum Gasteiger partial charge on any atom is -0.377 e. The normalized spacial score (nSPS) is 23.0. The van der Waals surface area contributed by atoms with Crippen LogP contribution >= 0.6 is 0 Å². The summed E-state index contributed by atoms with van der Waals surface area (Å²) in [7, 11) is 0. The van der Waals surface area contributed by atoms with Gasteiger partial charge in [0.05, 0.1) is 11.3 Å². The van der Waals surface area contributed by atoms with E-state index in [4.69, 9.17) is 0 Å². The van der Waals surface area contributed by atoms with Crippen LogP contribution in [0.5, 0.6) is 0 Å². The van der Waals surface area contributed by atoms with Gasteiger partial charge in [-0.05, 0) is 61.4 Å². The molecular formula is C23H27N3O. The molecule has 4 nitrogen and oxygen atoms in total. The van der Waals surface area contributed by atoms with Crippen LogP contribution in [0.4, 0.5) is 5.69 Å². The van der Waals surface area contributed by atoms with E-state index in [2.05, 4.69) is 40.1 Å². The van der Waals surface area contributed by atoms with E-state index in [0.29, 0.717) is 11.5 Å². The smallest absolute Gasteiger partial charge is 0.253 e. The summed E-state index contributed by atoms with van der Waals surface area (Å²) < 4.78 is 0. The number of amides is 1. The zero-order valence-electron chi connectivity index (χ0n) is 15.7. The van der Waals surface area contributed by atoms with Crippen LogP contribution in [0.3, 0.4) is 0 Å². The molecule has 4 heteroatoms. The number of fused-ring (bicyclic) bond motifs is 1. The Morgan fingerprint density at radius 3 is 2.93 bits per heavy atom. The Morgan fingerprint density at radius 1 is 1.26 bits per heavy atom. The van der Waals surface area contributed by atoms with E-state index in [1.807, 2.05) is 30.5 Å². The quantitative estimate of drug-likeness (QED) is 0.800. The highest BCUT2D eigenvalue weighted by atomic mass is 16.1. The molecule has 140 valence electrons. The average Bonchev–Trinajstić information content (AvgIpc) is 3.37. The largest absolute Gasteiger partial charge is 0.377 e. The SMILES string of the molecule is C=C/C=C\C=C\N1CCC2(CC1)CC2NC(=O)c1cccc2c1N=CCC2. The van der Waals surface area contributed by atoms with Crippen molar-refractivity contribution < 1.29 is 4.79 Å². The van der Waals surface area contributed by atoms with Gasteiger partial charge in [0, 0.05) is 25.3 Å². The van der Waals surface area contributed by atoms with Crippen LogP contribution in [0.15, 0.2) is 60.3 Å². The predicted molar refractivity (Wildman–Crippen MR) is 111 cm³/mol. The first-order valence-corrected chi connectivity index (χ1v) is 9.87. The van der Waals surface area contributed by atoms with Crippen molar-refractivity contribution in [2.75, 3.05) is 13.1 Å². The molecule has 1 spiro atoms. The molecule has 2 fully saturated rings. The Kier molecular flexibility index (Phi) is 4.97. The lowest BCUT2D eigenvalue weighted by Gasteiger charge is -2.32. The number of carbonyl (C=O) groups is 1. The van der Waals surface area contributed by atoms with E-state index < -0.39 is 0 Å². The lowest BCUT2D eigenvalue weighted by molar-refractivity contribution is 0.0939. The van der Waals surface area contributed by atoms with Gasteiger partial charge in [0.2, 0.25) is 0 Å². The zero-order valence-corrected chi connectivity index (χ0v) is 15.7. The van der Waals surface area contributed by atoms with Gasteiger partial charge in [-0.3, -0.25) is 9.79 Å².